The Morgan fingerprint density at radius 3 is 2.26 bits per heavy atom. The molecule has 102 valence electrons. The van der Waals surface area contributed by atoms with E-state index in [0.717, 1.165) is 0 Å². The van der Waals surface area contributed by atoms with Gasteiger partial charge >= 0.3 is 12.1 Å². The number of hydrogen-bond acceptors (Lipinski definition) is 4. The number of carbonyl (C=O) groups excluding carboxylic acids is 1. The molecule has 0 aliphatic rings. The topological polar surface area (TPSA) is 99.5 Å². The van der Waals surface area contributed by atoms with Gasteiger partial charge in [0.15, 0.2) is 0 Å². The molecule has 19 heavy (non-hydrogen) atoms. The summed E-state index contributed by atoms with van der Waals surface area (Å²) >= 11 is 0. The van der Waals surface area contributed by atoms with Crippen LogP contribution < -0.4 is 5.32 Å². The van der Waals surface area contributed by atoms with Crippen LogP contribution in [0, 0.1) is 11.3 Å². The number of ether oxygens (including phenoxy) is 1. The minimum Gasteiger partial charge on any atom is -0.478 e. The van der Waals surface area contributed by atoms with E-state index in [9.17, 15) is 9.59 Å². The van der Waals surface area contributed by atoms with Crippen molar-refractivity contribution in [2.75, 3.05) is 6.61 Å². The Bertz CT molecular complexity index is 480. The van der Waals surface area contributed by atoms with Crippen LogP contribution in [-0.4, -0.2) is 29.6 Å². The molecule has 0 saturated heterocycles. The summed E-state index contributed by atoms with van der Waals surface area (Å²) in [5.74, 6) is -0.956. The van der Waals surface area contributed by atoms with Gasteiger partial charge in [-0.05, 0) is 18.1 Å². The van der Waals surface area contributed by atoms with Gasteiger partial charge in [0.2, 0.25) is 0 Å². The molecular weight excluding hydrogens is 248 g/mol. The molecule has 0 heterocycles. The minimum absolute atomic E-state index is 0.124. The molecule has 0 fully saturated rings. The van der Waals surface area contributed by atoms with Crippen LogP contribution in [0.4, 0.5) is 4.79 Å². The van der Waals surface area contributed by atoms with Crippen LogP contribution in [0.25, 0.3) is 0 Å². The molecule has 0 saturated carbocycles. The van der Waals surface area contributed by atoms with Gasteiger partial charge in [-0.3, -0.25) is 10.7 Å². The van der Waals surface area contributed by atoms with Crippen molar-refractivity contribution in [2.24, 2.45) is 5.92 Å². The number of carboxylic acid groups (broad SMARTS) is 1. The average molecular weight is 264 g/mol. The highest BCUT2D eigenvalue weighted by atomic mass is 16.5. The second kappa shape index (κ2) is 6.53. The standard InChI is InChI=1S/C13H16N2O4/c1-8(2)7-19-13(18)15-11(14)9-3-5-10(6-4-9)12(16)17/h3-6,8H,7H2,1-2H3,(H,16,17)(H2,14,15,18). The molecule has 6 heteroatoms. The fourth-order valence-electron chi connectivity index (χ4n) is 1.23. The van der Waals surface area contributed by atoms with Gasteiger partial charge in [0, 0.05) is 5.56 Å². The molecule has 6 nitrogen and oxygen atoms in total. The van der Waals surface area contributed by atoms with Crippen LogP contribution in [0.1, 0.15) is 29.8 Å². The first-order chi connectivity index (χ1) is 8.90. The molecule has 0 atom stereocenters. The quantitative estimate of drug-likeness (QED) is 0.572. The summed E-state index contributed by atoms with van der Waals surface area (Å²) in [6.07, 6.45) is -0.694. The average Bonchev–Trinajstić information content (AvgIpc) is 2.36. The van der Waals surface area contributed by atoms with Gasteiger partial charge in [0.05, 0.1) is 12.2 Å². The number of carbonyl (C=O) groups is 2. The van der Waals surface area contributed by atoms with Crippen molar-refractivity contribution < 1.29 is 19.4 Å². The number of alkyl carbamates (subject to hydrolysis) is 1. The van der Waals surface area contributed by atoms with E-state index in [1.807, 2.05) is 13.8 Å². The fourth-order valence-corrected chi connectivity index (χ4v) is 1.23. The number of carboxylic acids is 1. The van der Waals surface area contributed by atoms with Gasteiger partial charge in [-0.1, -0.05) is 26.0 Å². The van der Waals surface area contributed by atoms with Gasteiger partial charge in [-0.25, -0.2) is 9.59 Å². The van der Waals surface area contributed by atoms with Crippen molar-refractivity contribution in [3.8, 4) is 0 Å². The predicted molar refractivity (Wildman–Crippen MR) is 69.6 cm³/mol. The Balaban J connectivity index is 2.58. The number of amides is 1. The number of benzene rings is 1. The zero-order valence-electron chi connectivity index (χ0n) is 10.8. The molecule has 0 aromatic heterocycles. The maximum absolute atomic E-state index is 11.3. The first-order valence-electron chi connectivity index (χ1n) is 5.76. The van der Waals surface area contributed by atoms with Crippen molar-refractivity contribution in [3.63, 3.8) is 0 Å². The molecule has 1 aromatic carbocycles. The Kier molecular flexibility index (Phi) is 5.05. The molecule has 0 spiro atoms. The highest BCUT2D eigenvalue weighted by Crippen LogP contribution is 2.04. The zero-order valence-corrected chi connectivity index (χ0v) is 10.8. The minimum atomic E-state index is -1.04. The summed E-state index contributed by atoms with van der Waals surface area (Å²) in [6.45, 7) is 4.09. The van der Waals surface area contributed by atoms with Crippen molar-refractivity contribution in [1.82, 2.24) is 5.32 Å². The van der Waals surface area contributed by atoms with E-state index in [2.05, 4.69) is 5.32 Å². The van der Waals surface area contributed by atoms with E-state index in [-0.39, 0.29) is 23.9 Å². The van der Waals surface area contributed by atoms with Gasteiger partial charge in [-0.2, -0.15) is 0 Å². The lowest BCUT2D eigenvalue weighted by molar-refractivity contribution is 0.0696. The second-order valence-corrected chi connectivity index (χ2v) is 4.37. The second-order valence-electron chi connectivity index (χ2n) is 4.37. The highest BCUT2D eigenvalue weighted by molar-refractivity contribution is 6.04. The number of nitrogens with one attached hydrogen (secondary N) is 2. The summed E-state index contributed by atoms with van der Waals surface area (Å²) in [5, 5.41) is 18.7. The summed E-state index contributed by atoms with van der Waals surface area (Å²) in [7, 11) is 0. The van der Waals surface area contributed by atoms with E-state index < -0.39 is 12.1 Å². The summed E-state index contributed by atoms with van der Waals surface area (Å²) in [4.78, 5) is 22.0. The molecule has 0 aliphatic heterocycles. The van der Waals surface area contributed by atoms with Crippen LogP contribution in [0.2, 0.25) is 0 Å². The van der Waals surface area contributed by atoms with E-state index in [1.165, 1.54) is 24.3 Å². The van der Waals surface area contributed by atoms with Crippen LogP contribution in [0.5, 0.6) is 0 Å². The Morgan fingerprint density at radius 2 is 1.79 bits per heavy atom. The normalized spacial score (nSPS) is 10.1. The van der Waals surface area contributed by atoms with Gasteiger partial charge in [-0.15, -0.1) is 0 Å². The van der Waals surface area contributed by atoms with E-state index in [4.69, 9.17) is 15.3 Å². The van der Waals surface area contributed by atoms with Crippen LogP contribution in [-0.2, 0) is 4.74 Å². The highest BCUT2D eigenvalue weighted by Gasteiger charge is 2.09. The van der Waals surface area contributed by atoms with E-state index >= 15 is 0 Å². The van der Waals surface area contributed by atoms with E-state index in [0.29, 0.717) is 5.56 Å². The summed E-state index contributed by atoms with van der Waals surface area (Å²) in [5.41, 5.74) is 0.533. The summed E-state index contributed by atoms with van der Waals surface area (Å²) < 4.78 is 4.87. The Morgan fingerprint density at radius 1 is 1.26 bits per heavy atom. The molecule has 0 bridgehead atoms. The largest absolute Gasteiger partial charge is 0.478 e. The third-order valence-corrected chi connectivity index (χ3v) is 2.20. The molecule has 1 aromatic rings. The van der Waals surface area contributed by atoms with Crippen molar-refractivity contribution in [2.45, 2.75) is 13.8 Å². The molecule has 3 N–H and O–H groups in total. The van der Waals surface area contributed by atoms with Crippen LogP contribution in [0.15, 0.2) is 24.3 Å². The molecule has 1 rings (SSSR count). The van der Waals surface area contributed by atoms with E-state index in [1.54, 1.807) is 0 Å². The predicted octanol–water partition coefficient (Wildman–Crippen LogP) is 2.09. The monoisotopic (exact) mass is 264 g/mol. The lowest BCUT2D eigenvalue weighted by atomic mass is 10.1. The first kappa shape index (κ1) is 14.7. The maximum atomic E-state index is 11.3. The summed E-state index contributed by atoms with van der Waals surface area (Å²) in [6, 6.07) is 5.64. The Hall–Kier alpha value is -2.37. The number of hydrogen-bond donors (Lipinski definition) is 3. The number of rotatable bonds is 4. The smallest absolute Gasteiger partial charge is 0.412 e. The molecule has 0 radical (unpaired) electrons. The first-order valence-corrected chi connectivity index (χ1v) is 5.76. The number of amidine groups is 1. The van der Waals surface area contributed by atoms with Gasteiger partial charge in [0.25, 0.3) is 0 Å². The number of aromatic carboxylic acids is 1. The van der Waals surface area contributed by atoms with Crippen LogP contribution >= 0.6 is 0 Å². The van der Waals surface area contributed by atoms with Crippen molar-refractivity contribution in [1.29, 1.82) is 5.41 Å². The molecule has 0 aliphatic carbocycles. The lowest BCUT2D eigenvalue weighted by Crippen LogP contribution is -2.31. The van der Waals surface area contributed by atoms with Gasteiger partial charge < -0.3 is 9.84 Å². The third-order valence-electron chi connectivity index (χ3n) is 2.20. The zero-order chi connectivity index (χ0) is 14.4. The fraction of sp³-hybridized carbons (Fsp3) is 0.308. The molecule has 1 amide bonds. The van der Waals surface area contributed by atoms with Crippen molar-refractivity contribution >= 4 is 17.9 Å². The van der Waals surface area contributed by atoms with Crippen LogP contribution in [0.3, 0.4) is 0 Å². The molecular formula is C13H16N2O4. The molecule has 0 unspecified atom stereocenters. The third kappa shape index (κ3) is 4.79. The van der Waals surface area contributed by atoms with Gasteiger partial charge in [0.1, 0.15) is 5.84 Å². The maximum Gasteiger partial charge on any atom is 0.412 e. The lowest BCUT2D eigenvalue weighted by Gasteiger charge is -2.09. The SMILES string of the molecule is CC(C)COC(=O)NC(=N)c1ccc(C(=O)O)cc1. The van der Waals surface area contributed by atoms with Crippen molar-refractivity contribution in [3.05, 3.63) is 35.4 Å². The Labute approximate surface area is 110 Å².